The van der Waals surface area contributed by atoms with E-state index in [0.29, 0.717) is 31.0 Å². The van der Waals surface area contributed by atoms with Crippen molar-refractivity contribution in [3.8, 4) is 11.5 Å². The Morgan fingerprint density at radius 1 is 1.21 bits per heavy atom. The maximum absolute atomic E-state index is 12.3. The Morgan fingerprint density at radius 2 is 1.96 bits per heavy atom. The molecule has 1 aromatic heterocycles. The van der Waals surface area contributed by atoms with Crippen LogP contribution in [0, 0.1) is 0 Å². The van der Waals surface area contributed by atoms with Gasteiger partial charge in [-0.25, -0.2) is 4.98 Å². The fourth-order valence-electron chi connectivity index (χ4n) is 2.69. The van der Waals surface area contributed by atoms with E-state index in [-0.39, 0.29) is 25.2 Å². The number of nitrogens with one attached hydrogen (secondary N) is 2. The van der Waals surface area contributed by atoms with Crippen LogP contribution in [0.15, 0.2) is 42.6 Å². The Labute approximate surface area is 163 Å². The molecule has 0 bridgehead atoms. The molecule has 8 heteroatoms. The highest BCUT2D eigenvalue weighted by molar-refractivity contribution is 5.94. The van der Waals surface area contributed by atoms with Crippen molar-refractivity contribution in [3.05, 3.63) is 48.2 Å². The zero-order chi connectivity index (χ0) is 20.0. The van der Waals surface area contributed by atoms with Crippen molar-refractivity contribution in [1.29, 1.82) is 0 Å². The molecule has 8 nitrogen and oxygen atoms in total. The molecule has 28 heavy (non-hydrogen) atoms. The van der Waals surface area contributed by atoms with E-state index >= 15 is 0 Å². The Balaban J connectivity index is 1.46. The molecule has 0 unspecified atom stereocenters. The van der Waals surface area contributed by atoms with Crippen molar-refractivity contribution in [3.63, 3.8) is 0 Å². The Morgan fingerprint density at radius 3 is 2.64 bits per heavy atom. The molecule has 0 saturated heterocycles. The second kappa shape index (κ2) is 8.90. The van der Waals surface area contributed by atoms with E-state index in [0.717, 1.165) is 11.5 Å². The number of para-hydroxylation sites is 2. The summed E-state index contributed by atoms with van der Waals surface area (Å²) in [4.78, 5) is 16.4. The molecular weight excluding hydrogens is 362 g/mol. The second-order valence-corrected chi connectivity index (χ2v) is 6.98. The summed E-state index contributed by atoms with van der Waals surface area (Å²) in [5.74, 6) is 1.69. The molecule has 0 fully saturated rings. The number of hydrogen-bond acceptors (Lipinski definition) is 7. The number of aliphatic hydroxyl groups is 2. The molecule has 0 spiro atoms. The van der Waals surface area contributed by atoms with Crippen LogP contribution in [0.25, 0.3) is 0 Å². The van der Waals surface area contributed by atoms with Crippen LogP contribution < -0.4 is 20.1 Å². The molecule has 1 aliphatic rings. The Hall–Kier alpha value is -2.84. The number of carbonyl (C=O) groups excluding carboxylic acids is 1. The lowest BCUT2D eigenvalue weighted by Crippen LogP contribution is -2.42. The first-order valence-electron chi connectivity index (χ1n) is 9.15. The average molecular weight is 387 g/mol. The standard InChI is InChI=1S/C20H25N3O5/c1-20(12-24,13-25)23-18-7-6-14(10-22-18)19(26)21-9-8-15-11-27-16-4-2-3-5-17(16)28-15/h2-7,10,15,24-25H,8-9,11-13H2,1H3,(H,21,26)(H,22,23)/t15-/m1/s1. The molecule has 0 aliphatic carbocycles. The van der Waals surface area contributed by atoms with Crippen LogP contribution in [0.3, 0.4) is 0 Å². The van der Waals surface area contributed by atoms with Gasteiger partial charge in [-0.05, 0) is 31.2 Å². The van der Waals surface area contributed by atoms with E-state index in [1.54, 1.807) is 19.1 Å². The lowest BCUT2D eigenvalue weighted by molar-refractivity contribution is 0.0812. The van der Waals surface area contributed by atoms with Gasteiger partial charge in [0.1, 0.15) is 18.5 Å². The molecule has 1 amide bonds. The third-order valence-corrected chi connectivity index (χ3v) is 4.47. The largest absolute Gasteiger partial charge is 0.486 e. The number of aliphatic hydroxyl groups excluding tert-OH is 2. The van der Waals surface area contributed by atoms with E-state index in [1.807, 2.05) is 24.3 Å². The number of carbonyl (C=O) groups is 1. The Kier molecular flexibility index (Phi) is 6.33. The van der Waals surface area contributed by atoms with Gasteiger partial charge in [-0.15, -0.1) is 0 Å². The minimum Gasteiger partial charge on any atom is -0.486 e. The number of fused-ring (bicyclic) bond motifs is 1. The SMILES string of the molecule is CC(CO)(CO)Nc1ccc(C(=O)NCC[C@@H]2COc3ccccc3O2)cn1. The van der Waals surface area contributed by atoms with E-state index in [2.05, 4.69) is 15.6 Å². The first-order valence-corrected chi connectivity index (χ1v) is 9.15. The summed E-state index contributed by atoms with van der Waals surface area (Å²) < 4.78 is 11.5. The lowest BCUT2D eigenvalue weighted by Gasteiger charge is -2.26. The van der Waals surface area contributed by atoms with Crippen molar-refractivity contribution in [2.24, 2.45) is 0 Å². The first kappa shape index (κ1) is 19.9. The lowest BCUT2D eigenvalue weighted by atomic mass is 10.1. The van der Waals surface area contributed by atoms with Crippen molar-refractivity contribution < 1.29 is 24.5 Å². The predicted octanol–water partition coefficient (Wildman–Crippen LogP) is 1.20. The van der Waals surface area contributed by atoms with Crippen LogP contribution in [0.5, 0.6) is 11.5 Å². The van der Waals surface area contributed by atoms with Gasteiger partial charge in [0.2, 0.25) is 0 Å². The highest BCUT2D eigenvalue weighted by Gasteiger charge is 2.23. The summed E-state index contributed by atoms with van der Waals surface area (Å²) in [5.41, 5.74) is -0.455. The van der Waals surface area contributed by atoms with Gasteiger partial charge in [0.25, 0.3) is 5.91 Å². The molecule has 1 aromatic carbocycles. The molecule has 1 aliphatic heterocycles. The van der Waals surface area contributed by atoms with Gasteiger partial charge in [0.15, 0.2) is 11.5 Å². The smallest absolute Gasteiger partial charge is 0.252 e. The Bertz CT molecular complexity index is 793. The third-order valence-electron chi connectivity index (χ3n) is 4.47. The van der Waals surface area contributed by atoms with Crippen LogP contribution >= 0.6 is 0 Å². The van der Waals surface area contributed by atoms with Gasteiger partial charge in [-0.1, -0.05) is 12.1 Å². The summed E-state index contributed by atoms with van der Waals surface area (Å²) in [7, 11) is 0. The molecule has 4 N–H and O–H groups in total. The fourth-order valence-corrected chi connectivity index (χ4v) is 2.69. The maximum Gasteiger partial charge on any atom is 0.252 e. The van der Waals surface area contributed by atoms with Gasteiger partial charge in [0, 0.05) is 19.2 Å². The minimum absolute atomic E-state index is 0.116. The number of benzene rings is 1. The number of rotatable bonds is 8. The van der Waals surface area contributed by atoms with E-state index < -0.39 is 5.54 Å². The minimum atomic E-state index is -0.878. The summed E-state index contributed by atoms with van der Waals surface area (Å²) in [6, 6.07) is 10.8. The topological polar surface area (TPSA) is 113 Å². The quantitative estimate of drug-likeness (QED) is 0.538. The van der Waals surface area contributed by atoms with Gasteiger partial charge < -0.3 is 30.3 Å². The van der Waals surface area contributed by atoms with Gasteiger partial charge >= 0.3 is 0 Å². The third kappa shape index (κ3) is 4.90. The van der Waals surface area contributed by atoms with Crippen LogP contribution in [-0.4, -0.2) is 59.1 Å². The maximum atomic E-state index is 12.3. The summed E-state index contributed by atoms with van der Waals surface area (Å²) >= 11 is 0. The fraction of sp³-hybridized carbons (Fsp3) is 0.400. The number of aromatic nitrogens is 1. The molecule has 150 valence electrons. The molecular formula is C20H25N3O5. The number of hydrogen-bond donors (Lipinski definition) is 4. The molecule has 1 atom stereocenters. The second-order valence-electron chi connectivity index (χ2n) is 6.98. The van der Waals surface area contributed by atoms with Crippen LogP contribution in [-0.2, 0) is 0 Å². The van der Waals surface area contributed by atoms with E-state index in [9.17, 15) is 15.0 Å². The molecule has 2 aromatic rings. The predicted molar refractivity (Wildman–Crippen MR) is 104 cm³/mol. The van der Waals surface area contributed by atoms with Crippen molar-refractivity contribution in [2.75, 3.05) is 31.7 Å². The van der Waals surface area contributed by atoms with Crippen molar-refractivity contribution in [2.45, 2.75) is 25.0 Å². The molecule has 2 heterocycles. The zero-order valence-corrected chi connectivity index (χ0v) is 15.7. The summed E-state index contributed by atoms with van der Waals surface area (Å²) in [6.45, 7) is 2.08. The van der Waals surface area contributed by atoms with Crippen LogP contribution in [0.1, 0.15) is 23.7 Å². The number of pyridine rings is 1. The van der Waals surface area contributed by atoms with E-state index in [4.69, 9.17) is 9.47 Å². The highest BCUT2D eigenvalue weighted by Crippen LogP contribution is 2.31. The monoisotopic (exact) mass is 387 g/mol. The van der Waals surface area contributed by atoms with Crippen LogP contribution in [0.2, 0.25) is 0 Å². The molecule has 0 radical (unpaired) electrons. The average Bonchev–Trinajstić information content (AvgIpc) is 2.74. The number of ether oxygens (including phenoxy) is 2. The molecule has 0 saturated carbocycles. The van der Waals surface area contributed by atoms with Crippen molar-refractivity contribution >= 4 is 11.7 Å². The number of anilines is 1. The normalized spacial score (nSPS) is 15.8. The number of nitrogens with zero attached hydrogens (tertiary/aromatic N) is 1. The van der Waals surface area contributed by atoms with Crippen molar-refractivity contribution in [1.82, 2.24) is 10.3 Å². The van der Waals surface area contributed by atoms with Gasteiger partial charge in [-0.2, -0.15) is 0 Å². The summed E-state index contributed by atoms with van der Waals surface area (Å²) in [6.07, 6.45) is 1.96. The van der Waals surface area contributed by atoms with Gasteiger partial charge in [-0.3, -0.25) is 4.79 Å². The molecule has 3 rings (SSSR count). The first-order chi connectivity index (χ1) is 13.5. The number of amides is 1. The van der Waals surface area contributed by atoms with Gasteiger partial charge in [0.05, 0.1) is 24.3 Å². The highest BCUT2D eigenvalue weighted by atomic mass is 16.6. The zero-order valence-electron chi connectivity index (χ0n) is 15.7. The van der Waals surface area contributed by atoms with E-state index in [1.165, 1.54) is 6.20 Å². The van der Waals surface area contributed by atoms with Crippen LogP contribution in [0.4, 0.5) is 5.82 Å². The summed E-state index contributed by atoms with van der Waals surface area (Å²) in [5, 5.41) is 24.4.